The Morgan fingerprint density at radius 2 is 1.97 bits per heavy atom. The predicted molar refractivity (Wildman–Crippen MR) is 112 cm³/mol. The number of nitrogens with zero attached hydrogens (tertiary/aromatic N) is 3. The lowest BCUT2D eigenvalue weighted by molar-refractivity contribution is -0.137. The normalized spacial score (nSPS) is 14.7. The minimum absolute atomic E-state index is 0.0683. The van der Waals surface area contributed by atoms with E-state index in [2.05, 4.69) is 15.5 Å². The van der Waals surface area contributed by atoms with Gasteiger partial charge in [-0.1, -0.05) is 30.0 Å². The van der Waals surface area contributed by atoms with Gasteiger partial charge in [0.15, 0.2) is 0 Å². The summed E-state index contributed by atoms with van der Waals surface area (Å²) in [5.41, 5.74) is 0.934. The Kier molecular flexibility index (Phi) is 5.68. The van der Waals surface area contributed by atoms with Crippen molar-refractivity contribution < 1.29 is 27.2 Å². The first kappa shape index (κ1) is 21.9. The van der Waals surface area contributed by atoms with Gasteiger partial charge in [0.25, 0.3) is 5.22 Å². The van der Waals surface area contributed by atoms with Gasteiger partial charge in [-0.05, 0) is 43.7 Å². The number of carbonyl (C=O) groups excluding carboxylic acids is 2. The number of fused-ring (bicyclic) bond motifs is 1. The lowest BCUT2D eigenvalue weighted by atomic mass is 10.1. The van der Waals surface area contributed by atoms with Crippen LogP contribution in [0.2, 0.25) is 0 Å². The molecule has 1 unspecified atom stereocenters. The molecule has 0 saturated heterocycles. The fraction of sp³-hybridized carbons (Fsp3) is 0.238. The highest BCUT2D eigenvalue weighted by Gasteiger charge is 2.35. The summed E-state index contributed by atoms with van der Waals surface area (Å²) in [6.45, 7) is 3.20. The van der Waals surface area contributed by atoms with Crippen LogP contribution in [0, 0.1) is 6.92 Å². The third-order valence-electron chi connectivity index (χ3n) is 4.86. The lowest BCUT2D eigenvalue weighted by Crippen LogP contribution is -2.45. The molecule has 3 aromatic rings. The second-order valence-electron chi connectivity index (χ2n) is 7.15. The molecule has 1 aliphatic heterocycles. The SMILES string of the molecule is Cc1ccccc1-c1nnc(SC(C)C(=O)N2CC(=O)Nc3cc(C(F)(F)F)ccc32)o1. The summed E-state index contributed by atoms with van der Waals surface area (Å²) in [5, 5.41) is 9.81. The van der Waals surface area contributed by atoms with Crippen LogP contribution in [0.1, 0.15) is 18.1 Å². The van der Waals surface area contributed by atoms with Crippen LogP contribution >= 0.6 is 11.8 Å². The maximum Gasteiger partial charge on any atom is 0.416 e. The van der Waals surface area contributed by atoms with Gasteiger partial charge in [-0.15, -0.1) is 10.2 Å². The zero-order chi connectivity index (χ0) is 23.0. The van der Waals surface area contributed by atoms with E-state index in [1.807, 2.05) is 31.2 Å². The highest BCUT2D eigenvalue weighted by atomic mass is 32.2. The predicted octanol–water partition coefficient (Wildman–Crippen LogP) is 4.53. The van der Waals surface area contributed by atoms with E-state index in [0.717, 1.165) is 39.9 Å². The van der Waals surface area contributed by atoms with Gasteiger partial charge in [-0.2, -0.15) is 13.2 Å². The molecule has 0 radical (unpaired) electrons. The Morgan fingerprint density at radius 3 is 2.69 bits per heavy atom. The number of hydrogen-bond donors (Lipinski definition) is 1. The maximum atomic E-state index is 13.0. The van der Waals surface area contributed by atoms with Crippen molar-refractivity contribution in [2.45, 2.75) is 30.5 Å². The molecule has 0 bridgehead atoms. The molecule has 2 amide bonds. The first-order valence-electron chi connectivity index (χ1n) is 9.52. The number of hydrogen-bond acceptors (Lipinski definition) is 6. The third kappa shape index (κ3) is 4.33. The van der Waals surface area contributed by atoms with E-state index >= 15 is 0 Å². The molecule has 2 heterocycles. The van der Waals surface area contributed by atoms with Crippen LogP contribution in [0.25, 0.3) is 11.5 Å². The van der Waals surface area contributed by atoms with Crippen molar-refractivity contribution in [1.29, 1.82) is 0 Å². The monoisotopic (exact) mass is 462 g/mol. The second kappa shape index (κ2) is 8.30. The number of carbonyl (C=O) groups is 2. The summed E-state index contributed by atoms with van der Waals surface area (Å²) >= 11 is 1.01. The van der Waals surface area contributed by atoms with Gasteiger partial charge in [-0.3, -0.25) is 14.5 Å². The first-order valence-corrected chi connectivity index (χ1v) is 10.4. The second-order valence-corrected chi connectivity index (χ2v) is 8.44. The average Bonchev–Trinajstić information content (AvgIpc) is 3.19. The fourth-order valence-electron chi connectivity index (χ4n) is 3.26. The Labute approximate surface area is 185 Å². The number of aryl methyl sites for hydroxylation is 1. The van der Waals surface area contributed by atoms with Crippen molar-refractivity contribution in [3.8, 4) is 11.5 Å². The zero-order valence-corrected chi connectivity index (χ0v) is 17.8. The molecule has 166 valence electrons. The number of nitrogens with one attached hydrogen (secondary N) is 1. The van der Waals surface area contributed by atoms with E-state index in [4.69, 9.17) is 4.42 Å². The highest BCUT2D eigenvalue weighted by molar-refractivity contribution is 8.00. The topological polar surface area (TPSA) is 88.3 Å². The van der Waals surface area contributed by atoms with Crippen molar-refractivity contribution in [3.63, 3.8) is 0 Å². The van der Waals surface area contributed by atoms with Gasteiger partial charge in [0.1, 0.15) is 6.54 Å². The molecule has 0 fully saturated rings. The summed E-state index contributed by atoms with van der Waals surface area (Å²) in [4.78, 5) is 26.2. The van der Waals surface area contributed by atoms with Crippen molar-refractivity contribution in [3.05, 3.63) is 53.6 Å². The summed E-state index contributed by atoms with van der Waals surface area (Å²) in [5.74, 6) is -0.740. The van der Waals surface area contributed by atoms with E-state index in [0.29, 0.717) is 5.89 Å². The number of aromatic nitrogens is 2. The van der Waals surface area contributed by atoms with E-state index < -0.39 is 28.8 Å². The molecule has 1 aromatic heterocycles. The molecule has 0 spiro atoms. The van der Waals surface area contributed by atoms with Crippen LogP contribution < -0.4 is 10.2 Å². The molecule has 2 aromatic carbocycles. The number of alkyl halides is 3. The first-order chi connectivity index (χ1) is 15.1. The highest BCUT2D eigenvalue weighted by Crippen LogP contribution is 2.38. The third-order valence-corrected chi connectivity index (χ3v) is 5.79. The van der Waals surface area contributed by atoms with Crippen LogP contribution in [0.5, 0.6) is 0 Å². The Morgan fingerprint density at radius 1 is 1.22 bits per heavy atom. The molecule has 0 saturated carbocycles. The number of thioether (sulfide) groups is 1. The lowest BCUT2D eigenvalue weighted by Gasteiger charge is -2.31. The molecular formula is C21H17F3N4O3S. The van der Waals surface area contributed by atoms with Crippen LogP contribution in [0.4, 0.5) is 24.5 Å². The van der Waals surface area contributed by atoms with Crippen molar-refractivity contribution in [2.24, 2.45) is 0 Å². The van der Waals surface area contributed by atoms with Crippen LogP contribution in [0.15, 0.2) is 52.1 Å². The number of anilines is 2. The Hall–Kier alpha value is -3.34. The summed E-state index contributed by atoms with van der Waals surface area (Å²) in [7, 11) is 0. The van der Waals surface area contributed by atoms with Gasteiger partial charge >= 0.3 is 6.18 Å². The van der Waals surface area contributed by atoms with Gasteiger partial charge < -0.3 is 9.73 Å². The van der Waals surface area contributed by atoms with Crippen LogP contribution in [0.3, 0.4) is 0 Å². The molecule has 7 nitrogen and oxygen atoms in total. The van der Waals surface area contributed by atoms with E-state index in [9.17, 15) is 22.8 Å². The average molecular weight is 462 g/mol. The molecule has 1 aliphatic rings. The van der Waals surface area contributed by atoms with Crippen molar-refractivity contribution >= 4 is 35.0 Å². The largest absolute Gasteiger partial charge is 0.416 e. The number of rotatable bonds is 4. The molecular weight excluding hydrogens is 445 g/mol. The molecule has 32 heavy (non-hydrogen) atoms. The van der Waals surface area contributed by atoms with Crippen LogP contribution in [-0.2, 0) is 15.8 Å². The minimum atomic E-state index is -4.57. The van der Waals surface area contributed by atoms with Gasteiger partial charge in [0.2, 0.25) is 17.7 Å². The number of amides is 2. The Balaban J connectivity index is 1.54. The van der Waals surface area contributed by atoms with Crippen LogP contribution in [-0.4, -0.2) is 33.8 Å². The quantitative estimate of drug-likeness (QED) is 0.573. The summed E-state index contributed by atoms with van der Waals surface area (Å²) < 4.78 is 44.7. The molecule has 1 atom stereocenters. The van der Waals surface area contributed by atoms with E-state index in [1.54, 1.807) is 6.92 Å². The smallest absolute Gasteiger partial charge is 0.411 e. The Bertz CT molecular complexity index is 1200. The zero-order valence-electron chi connectivity index (χ0n) is 16.9. The van der Waals surface area contributed by atoms with Gasteiger partial charge in [0.05, 0.1) is 22.2 Å². The number of halogens is 3. The van der Waals surface area contributed by atoms with E-state index in [1.165, 1.54) is 6.07 Å². The van der Waals surface area contributed by atoms with Crippen molar-refractivity contribution in [2.75, 3.05) is 16.8 Å². The summed E-state index contributed by atoms with van der Waals surface area (Å²) in [6, 6.07) is 10.3. The molecule has 4 rings (SSSR count). The maximum absolute atomic E-state index is 13.0. The van der Waals surface area contributed by atoms with E-state index in [-0.39, 0.29) is 23.1 Å². The minimum Gasteiger partial charge on any atom is -0.411 e. The summed E-state index contributed by atoms with van der Waals surface area (Å²) in [6.07, 6.45) is -4.57. The molecule has 11 heteroatoms. The molecule has 0 aliphatic carbocycles. The molecule has 1 N–H and O–H groups in total. The standard InChI is InChI=1S/C21H17F3N4O3S/c1-11-5-3-4-6-14(11)18-26-27-20(31-18)32-12(2)19(30)28-10-17(29)25-15-9-13(21(22,23)24)7-8-16(15)28/h3-9,12H,10H2,1-2H3,(H,25,29). The number of benzene rings is 2. The fourth-order valence-corrected chi connectivity index (χ4v) is 4.01. The van der Waals surface area contributed by atoms with Gasteiger partial charge in [0, 0.05) is 5.56 Å². The van der Waals surface area contributed by atoms with Crippen molar-refractivity contribution in [1.82, 2.24) is 10.2 Å². The van der Waals surface area contributed by atoms with Gasteiger partial charge in [-0.25, -0.2) is 0 Å².